The third kappa shape index (κ3) is 3.13. The van der Waals surface area contributed by atoms with Gasteiger partial charge in [0.1, 0.15) is 6.07 Å². The Bertz CT molecular complexity index is 394. The van der Waals surface area contributed by atoms with Gasteiger partial charge in [-0.25, -0.2) is 4.39 Å². The number of hydrogen-bond donors (Lipinski definition) is 0. The lowest BCUT2D eigenvalue weighted by molar-refractivity contribution is -0.153. The molecule has 1 aromatic carbocycles. The molecule has 0 radical (unpaired) electrons. The van der Waals surface area contributed by atoms with Gasteiger partial charge in [-0.1, -0.05) is 6.07 Å². The Balaban J connectivity index is 2.83. The molecule has 0 aliphatic heterocycles. The first-order chi connectivity index (χ1) is 6.94. The third-order valence-corrected chi connectivity index (χ3v) is 1.48. The summed E-state index contributed by atoms with van der Waals surface area (Å²) in [5.74, 6) is -1.66. The van der Waals surface area contributed by atoms with Crippen LogP contribution < -0.4 is 4.74 Å². The molecule has 0 saturated carbocycles. The van der Waals surface area contributed by atoms with Crippen LogP contribution in [0.15, 0.2) is 18.2 Å². The maximum atomic E-state index is 13.1. The van der Waals surface area contributed by atoms with E-state index in [0.29, 0.717) is 0 Å². The van der Waals surface area contributed by atoms with Crippen molar-refractivity contribution in [3.63, 3.8) is 0 Å². The van der Waals surface area contributed by atoms with Crippen LogP contribution in [-0.2, 0) is 0 Å². The average molecular weight is 219 g/mol. The second kappa shape index (κ2) is 4.17. The SMILES string of the molecule is N#Cc1cccc(OCC(F)(F)F)c1F. The van der Waals surface area contributed by atoms with E-state index < -0.39 is 24.3 Å². The third-order valence-electron chi connectivity index (χ3n) is 1.48. The van der Waals surface area contributed by atoms with E-state index >= 15 is 0 Å². The molecule has 0 bridgehead atoms. The lowest BCUT2D eigenvalue weighted by Gasteiger charge is -2.09. The second-order valence-electron chi connectivity index (χ2n) is 2.63. The molecule has 80 valence electrons. The Morgan fingerprint density at radius 3 is 2.53 bits per heavy atom. The van der Waals surface area contributed by atoms with Crippen LogP contribution in [0.5, 0.6) is 5.75 Å². The van der Waals surface area contributed by atoms with Crippen LogP contribution in [0.4, 0.5) is 17.6 Å². The topological polar surface area (TPSA) is 33.0 Å². The number of hydrogen-bond acceptors (Lipinski definition) is 2. The zero-order valence-corrected chi connectivity index (χ0v) is 7.31. The lowest BCUT2D eigenvalue weighted by atomic mass is 10.2. The number of alkyl halides is 3. The zero-order chi connectivity index (χ0) is 11.5. The Kier molecular flexibility index (Phi) is 3.14. The molecular formula is C9H5F4NO. The normalized spacial score (nSPS) is 10.9. The van der Waals surface area contributed by atoms with Crippen molar-refractivity contribution in [2.75, 3.05) is 6.61 Å². The number of nitrogens with zero attached hydrogens (tertiary/aromatic N) is 1. The number of benzene rings is 1. The first-order valence-corrected chi connectivity index (χ1v) is 3.82. The summed E-state index contributed by atoms with van der Waals surface area (Å²) in [6.07, 6.45) is -4.53. The van der Waals surface area contributed by atoms with E-state index in [2.05, 4.69) is 4.74 Å². The minimum Gasteiger partial charge on any atom is -0.481 e. The standard InChI is InChI=1S/C9H5F4NO/c10-8-6(4-14)2-1-3-7(8)15-5-9(11,12)13/h1-3H,5H2. The van der Waals surface area contributed by atoms with E-state index in [1.54, 1.807) is 0 Å². The predicted octanol–water partition coefficient (Wildman–Crippen LogP) is 2.64. The van der Waals surface area contributed by atoms with Crippen molar-refractivity contribution in [2.45, 2.75) is 6.18 Å². The molecule has 0 N–H and O–H groups in total. The van der Waals surface area contributed by atoms with Gasteiger partial charge in [0.15, 0.2) is 18.2 Å². The quantitative estimate of drug-likeness (QED) is 0.716. The van der Waals surface area contributed by atoms with E-state index in [4.69, 9.17) is 5.26 Å². The summed E-state index contributed by atoms with van der Waals surface area (Å²) in [5.41, 5.74) is -0.352. The molecule has 15 heavy (non-hydrogen) atoms. The van der Waals surface area contributed by atoms with E-state index in [1.807, 2.05) is 0 Å². The molecule has 0 spiro atoms. The second-order valence-corrected chi connectivity index (χ2v) is 2.63. The Labute approximate surface area is 82.7 Å². The van der Waals surface area contributed by atoms with Crippen molar-refractivity contribution < 1.29 is 22.3 Å². The summed E-state index contributed by atoms with van der Waals surface area (Å²) in [7, 11) is 0. The molecule has 1 rings (SSSR count). The van der Waals surface area contributed by atoms with Gasteiger partial charge < -0.3 is 4.74 Å². The highest BCUT2D eigenvalue weighted by atomic mass is 19.4. The van der Waals surface area contributed by atoms with Gasteiger partial charge in [0.05, 0.1) is 5.56 Å². The summed E-state index contributed by atoms with van der Waals surface area (Å²) in [5, 5.41) is 8.40. The summed E-state index contributed by atoms with van der Waals surface area (Å²) >= 11 is 0. The van der Waals surface area contributed by atoms with Gasteiger partial charge in [-0.05, 0) is 12.1 Å². The van der Waals surface area contributed by atoms with Crippen molar-refractivity contribution in [2.24, 2.45) is 0 Å². The summed E-state index contributed by atoms with van der Waals surface area (Å²) < 4.78 is 52.6. The molecule has 0 unspecified atom stereocenters. The Morgan fingerprint density at radius 1 is 1.33 bits per heavy atom. The fourth-order valence-corrected chi connectivity index (χ4v) is 0.868. The summed E-state index contributed by atoms with van der Waals surface area (Å²) in [6.45, 7) is -1.58. The maximum absolute atomic E-state index is 13.1. The molecular weight excluding hydrogens is 214 g/mol. The fourth-order valence-electron chi connectivity index (χ4n) is 0.868. The molecule has 0 aromatic heterocycles. The van der Waals surface area contributed by atoms with Crippen LogP contribution in [0.3, 0.4) is 0 Å². The molecule has 0 aliphatic carbocycles. The van der Waals surface area contributed by atoms with Crippen molar-refractivity contribution >= 4 is 0 Å². The van der Waals surface area contributed by atoms with Gasteiger partial charge in [0.2, 0.25) is 0 Å². The number of halogens is 4. The van der Waals surface area contributed by atoms with Crippen molar-refractivity contribution in [3.05, 3.63) is 29.6 Å². The first kappa shape index (κ1) is 11.3. The fraction of sp³-hybridized carbons (Fsp3) is 0.222. The molecule has 2 nitrogen and oxygen atoms in total. The van der Waals surface area contributed by atoms with Crippen LogP contribution in [0.2, 0.25) is 0 Å². The molecule has 0 fully saturated rings. The van der Waals surface area contributed by atoms with Crippen LogP contribution >= 0.6 is 0 Å². The van der Waals surface area contributed by atoms with Crippen molar-refractivity contribution in [1.82, 2.24) is 0 Å². The Morgan fingerprint density at radius 2 is 2.00 bits per heavy atom. The van der Waals surface area contributed by atoms with Crippen LogP contribution in [0, 0.1) is 17.1 Å². The van der Waals surface area contributed by atoms with Gasteiger partial charge in [-0.2, -0.15) is 18.4 Å². The largest absolute Gasteiger partial charge is 0.481 e. The summed E-state index contributed by atoms with van der Waals surface area (Å²) in [6, 6.07) is 4.92. The van der Waals surface area contributed by atoms with Crippen LogP contribution in [0.1, 0.15) is 5.56 Å². The minimum atomic E-state index is -4.53. The monoisotopic (exact) mass is 219 g/mol. The number of ether oxygens (including phenoxy) is 1. The molecule has 1 aromatic rings. The van der Waals surface area contributed by atoms with Crippen molar-refractivity contribution in [1.29, 1.82) is 5.26 Å². The summed E-state index contributed by atoms with van der Waals surface area (Å²) in [4.78, 5) is 0. The Hall–Kier alpha value is -1.77. The van der Waals surface area contributed by atoms with Gasteiger partial charge >= 0.3 is 6.18 Å². The highest BCUT2D eigenvalue weighted by Crippen LogP contribution is 2.22. The van der Waals surface area contributed by atoms with Gasteiger partial charge in [0, 0.05) is 0 Å². The molecule has 6 heteroatoms. The highest BCUT2D eigenvalue weighted by Gasteiger charge is 2.29. The maximum Gasteiger partial charge on any atom is 0.422 e. The highest BCUT2D eigenvalue weighted by molar-refractivity contribution is 5.38. The molecule has 0 saturated heterocycles. The van der Waals surface area contributed by atoms with E-state index in [0.717, 1.165) is 12.1 Å². The van der Waals surface area contributed by atoms with Gasteiger partial charge in [0.25, 0.3) is 0 Å². The number of nitriles is 1. The molecule has 0 heterocycles. The average Bonchev–Trinajstić information content (AvgIpc) is 2.15. The van der Waals surface area contributed by atoms with Crippen LogP contribution in [0.25, 0.3) is 0 Å². The number of rotatable bonds is 2. The van der Waals surface area contributed by atoms with Gasteiger partial charge in [-0.15, -0.1) is 0 Å². The minimum absolute atomic E-state index is 0.352. The molecule has 0 atom stereocenters. The molecule has 0 amide bonds. The van der Waals surface area contributed by atoms with E-state index in [9.17, 15) is 17.6 Å². The smallest absolute Gasteiger partial charge is 0.422 e. The van der Waals surface area contributed by atoms with Gasteiger partial charge in [-0.3, -0.25) is 0 Å². The zero-order valence-electron chi connectivity index (χ0n) is 7.31. The van der Waals surface area contributed by atoms with Crippen LogP contribution in [-0.4, -0.2) is 12.8 Å². The predicted molar refractivity (Wildman–Crippen MR) is 42.7 cm³/mol. The lowest BCUT2D eigenvalue weighted by Crippen LogP contribution is -2.19. The van der Waals surface area contributed by atoms with Crippen molar-refractivity contribution in [3.8, 4) is 11.8 Å². The van der Waals surface area contributed by atoms with E-state index in [1.165, 1.54) is 12.1 Å². The molecule has 0 aliphatic rings. The van der Waals surface area contributed by atoms with E-state index in [-0.39, 0.29) is 5.56 Å². The first-order valence-electron chi connectivity index (χ1n) is 3.82.